The molecular formula is C16H19ClO4S. The molecule has 1 atom stereocenters. The molecule has 4 nitrogen and oxygen atoms in total. The predicted molar refractivity (Wildman–Crippen MR) is 88.9 cm³/mol. The molecule has 2 N–H and O–H groups in total. The highest BCUT2D eigenvalue weighted by molar-refractivity contribution is 7.85. The quantitative estimate of drug-likeness (QED) is 0.837. The van der Waals surface area contributed by atoms with Gasteiger partial charge < -0.3 is 5.11 Å². The van der Waals surface area contributed by atoms with Crippen LogP contribution in [0.4, 0.5) is 0 Å². The third-order valence-corrected chi connectivity index (χ3v) is 3.28. The smallest absolute Gasteiger partial charge is 0.261 e. The zero-order valence-electron chi connectivity index (χ0n) is 12.2. The zero-order valence-corrected chi connectivity index (χ0v) is 13.8. The normalized spacial score (nSPS) is 12.2. The van der Waals surface area contributed by atoms with Crippen molar-refractivity contribution < 1.29 is 18.1 Å². The Bertz CT molecular complexity index is 664. The lowest BCUT2D eigenvalue weighted by molar-refractivity contribution is 0.264. The molecule has 2 rings (SSSR count). The lowest BCUT2D eigenvalue weighted by atomic mass is 9.93. The van der Waals surface area contributed by atoms with E-state index in [2.05, 4.69) is 0 Å². The lowest BCUT2D eigenvalue weighted by Gasteiger charge is -2.15. The minimum atomic E-state index is -3.67. The van der Waals surface area contributed by atoms with Crippen LogP contribution in [0.15, 0.2) is 54.6 Å². The first-order chi connectivity index (χ1) is 10.3. The van der Waals surface area contributed by atoms with Gasteiger partial charge in [-0.2, -0.15) is 8.42 Å². The number of hydrogen-bond acceptors (Lipinski definition) is 3. The van der Waals surface area contributed by atoms with Gasteiger partial charge in [-0.15, -0.1) is 0 Å². The maximum Gasteiger partial charge on any atom is 0.261 e. The summed E-state index contributed by atoms with van der Waals surface area (Å²) in [6.07, 6.45) is 1.48. The second-order valence-electron chi connectivity index (χ2n) is 4.82. The van der Waals surface area contributed by atoms with Crippen LogP contribution in [0.3, 0.4) is 0 Å². The Morgan fingerprint density at radius 2 is 1.55 bits per heavy atom. The molecular weight excluding hydrogens is 324 g/mol. The molecule has 0 aliphatic carbocycles. The molecule has 0 saturated carbocycles. The minimum absolute atomic E-state index is 0.107. The van der Waals surface area contributed by atoms with Crippen LogP contribution in [-0.2, 0) is 16.5 Å². The molecule has 0 radical (unpaired) electrons. The van der Waals surface area contributed by atoms with Gasteiger partial charge in [-0.05, 0) is 23.6 Å². The lowest BCUT2D eigenvalue weighted by Crippen LogP contribution is -2.07. The molecule has 6 heteroatoms. The average Bonchev–Trinajstić information content (AvgIpc) is 2.46. The molecule has 0 bridgehead atoms. The van der Waals surface area contributed by atoms with E-state index in [1.807, 2.05) is 54.6 Å². The molecule has 0 spiro atoms. The minimum Gasteiger partial charge on any atom is -0.396 e. The molecule has 1 unspecified atom stereocenters. The van der Waals surface area contributed by atoms with Crippen LogP contribution in [-0.4, -0.2) is 30.9 Å². The highest BCUT2D eigenvalue weighted by Gasteiger charge is 2.12. The highest BCUT2D eigenvalue weighted by Crippen LogP contribution is 2.24. The van der Waals surface area contributed by atoms with E-state index in [0.29, 0.717) is 6.26 Å². The molecule has 0 heterocycles. The summed E-state index contributed by atoms with van der Waals surface area (Å²) in [7, 11) is -3.67. The highest BCUT2D eigenvalue weighted by atomic mass is 35.5. The van der Waals surface area contributed by atoms with E-state index in [0.717, 1.165) is 22.6 Å². The number of benzene rings is 2. The molecule has 22 heavy (non-hydrogen) atoms. The van der Waals surface area contributed by atoms with Crippen LogP contribution in [0, 0.1) is 0 Å². The van der Waals surface area contributed by atoms with Gasteiger partial charge in [0.15, 0.2) is 0 Å². The fourth-order valence-electron chi connectivity index (χ4n) is 1.94. The summed E-state index contributed by atoms with van der Waals surface area (Å²) in [5, 5.41) is 10.3. The van der Waals surface area contributed by atoms with E-state index in [4.69, 9.17) is 16.2 Å². The van der Waals surface area contributed by atoms with Crippen molar-refractivity contribution >= 4 is 21.7 Å². The van der Waals surface area contributed by atoms with Crippen molar-refractivity contribution in [3.8, 4) is 0 Å². The van der Waals surface area contributed by atoms with Gasteiger partial charge in [0.25, 0.3) is 10.1 Å². The largest absolute Gasteiger partial charge is 0.396 e. The average molecular weight is 343 g/mol. The first kappa shape index (κ1) is 18.6. The molecule has 120 valence electrons. The Balaban J connectivity index is 0.000000422. The van der Waals surface area contributed by atoms with Gasteiger partial charge in [0, 0.05) is 10.9 Å². The van der Waals surface area contributed by atoms with Gasteiger partial charge in [0.1, 0.15) is 0 Å². The van der Waals surface area contributed by atoms with Crippen LogP contribution in [0.5, 0.6) is 0 Å². The van der Waals surface area contributed by atoms with Crippen molar-refractivity contribution in [2.24, 2.45) is 0 Å². The molecule has 0 amide bonds. The number of aliphatic hydroxyl groups excluding tert-OH is 1. The first-order valence-corrected chi connectivity index (χ1v) is 8.85. The van der Waals surface area contributed by atoms with Gasteiger partial charge in [0.2, 0.25) is 0 Å². The molecule has 0 saturated heterocycles. The summed E-state index contributed by atoms with van der Waals surface area (Å²) in [4.78, 5) is 0. The van der Waals surface area contributed by atoms with Crippen LogP contribution >= 0.6 is 11.6 Å². The monoisotopic (exact) mass is 342 g/mol. The van der Waals surface area contributed by atoms with Gasteiger partial charge >= 0.3 is 0 Å². The van der Waals surface area contributed by atoms with Crippen molar-refractivity contribution in [1.82, 2.24) is 0 Å². The molecule has 2 aromatic carbocycles. The topological polar surface area (TPSA) is 74.6 Å². The summed E-state index contributed by atoms with van der Waals surface area (Å²) < 4.78 is 25.9. The van der Waals surface area contributed by atoms with Crippen LogP contribution in [0.1, 0.15) is 17.0 Å². The van der Waals surface area contributed by atoms with E-state index in [9.17, 15) is 13.5 Å². The van der Waals surface area contributed by atoms with Crippen LogP contribution in [0.2, 0.25) is 5.02 Å². The molecule has 0 aliphatic rings. The van der Waals surface area contributed by atoms with Crippen molar-refractivity contribution in [1.29, 1.82) is 0 Å². The second-order valence-corrected chi connectivity index (χ2v) is 6.69. The summed E-state index contributed by atoms with van der Waals surface area (Å²) in [6, 6.07) is 17.8. The third kappa shape index (κ3) is 7.56. The second kappa shape index (κ2) is 8.90. The maximum absolute atomic E-state index is 9.49. The van der Waals surface area contributed by atoms with Crippen molar-refractivity contribution in [3.05, 3.63) is 70.7 Å². The van der Waals surface area contributed by atoms with Crippen LogP contribution in [0.25, 0.3) is 0 Å². The Kier molecular flexibility index (Phi) is 7.55. The number of aliphatic hydroxyl groups is 1. The zero-order chi connectivity index (χ0) is 16.6. The molecule has 0 aromatic heterocycles. The van der Waals surface area contributed by atoms with E-state index in [-0.39, 0.29) is 12.5 Å². The number of hydrogen-bond donors (Lipinski definition) is 2. The SMILES string of the molecule is CS(=O)(=O)O.OCC(Cc1ccccc1Cl)c1ccccc1. The van der Waals surface area contributed by atoms with Crippen molar-refractivity contribution in [2.45, 2.75) is 12.3 Å². The van der Waals surface area contributed by atoms with E-state index >= 15 is 0 Å². The number of halogens is 1. The Morgan fingerprint density at radius 1 is 1.05 bits per heavy atom. The molecule has 2 aromatic rings. The van der Waals surface area contributed by atoms with Crippen LogP contribution < -0.4 is 0 Å². The summed E-state index contributed by atoms with van der Waals surface area (Å²) in [6.45, 7) is 0.134. The fourth-order valence-corrected chi connectivity index (χ4v) is 2.16. The van der Waals surface area contributed by atoms with Crippen molar-refractivity contribution in [3.63, 3.8) is 0 Å². The molecule has 0 fully saturated rings. The van der Waals surface area contributed by atoms with Gasteiger partial charge in [-0.1, -0.05) is 60.1 Å². The van der Waals surface area contributed by atoms with E-state index in [1.54, 1.807) is 0 Å². The maximum atomic E-state index is 9.49. The predicted octanol–water partition coefficient (Wildman–Crippen LogP) is 3.16. The third-order valence-electron chi connectivity index (χ3n) is 2.92. The first-order valence-electron chi connectivity index (χ1n) is 6.63. The van der Waals surface area contributed by atoms with Gasteiger partial charge in [0.05, 0.1) is 12.9 Å². The van der Waals surface area contributed by atoms with Gasteiger partial charge in [-0.3, -0.25) is 4.55 Å². The Labute approximate surface area is 136 Å². The molecule has 0 aliphatic heterocycles. The summed E-state index contributed by atoms with van der Waals surface area (Å²) >= 11 is 6.13. The van der Waals surface area contributed by atoms with E-state index in [1.165, 1.54) is 0 Å². The number of rotatable bonds is 4. The van der Waals surface area contributed by atoms with E-state index < -0.39 is 10.1 Å². The van der Waals surface area contributed by atoms with Crippen molar-refractivity contribution in [2.75, 3.05) is 12.9 Å². The fraction of sp³-hybridized carbons (Fsp3) is 0.250. The Morgan fingerprint density at radius 3 is 2.05 bits per heavy atom. The Hall–Kier alpha value is -1.40. The van der Waals surface area contributed by atoms with Gasteiger partial charge in [-0.25, -0.2) is 0 Å². The summed E-state index contributed by atoms with van der Waals surface area (Å²) in [5.41, 5.74) is 2.23. The summed E-state index contributed by atoms with van der Waals surface area (Å²) in [5.74, 6) is 0.107. The standard InChI is InChI=1S/C15H15ClO.CH4O3S/c16-15-9-5-4-8-13(15)10-14(11-17)12-6-2-1-3-7-12;1-5(2,3)4/h1-9,14,17H,10-11H2;1H3,(H,2,3,4).